The van der Waals surface area contributed by atoms with Gasteiger partial charge < -0.3 is 10.1 Å². The number of carbonyl (C=O) groups is 1. The summed E-state index contributed by atoms with van der Waals surface area (Å²) in [4.78, 5) is 22.9. The minimum absolute atomic E-state index is 0.115. The lowest BCUT2D eigenvalue weighted by Gasteiger charge is -2.14. The van der Waals surface area contributed by atoms with Crippen molar-refractivity contribution in [2.45, 2.75) is 26.3 Å². The first-order valence-electron chi connectivity index (χ1n) is 8.16. The second kappa shape index (κ2) is 7.88. The summed E-state index contributed by atoms with van der Waals surface area (Å²) >= 11 is 1.49. The Morgan fingerprint density at radius 2 is 2.32 bits per heavy atom. The zero-order valence-corrected chi connectivity index (χ0v) is 15.1. The molecule has 1 amide bonds. The lowest BCUT2D eigenvalue weighted by atomic mass is 10.0. The Hall–Kier alpha value is -2.06. The van der Waals surface area contributed by atoms with Crippen molar-refractivity contribution >= 4 is 22.4 Å². The van der Waals surface area contributed by atoms with E-state index in [1.165, 1.54) is 31.4 Å². The smallest absolute Gasteiger partial charge is 0.223 e. The highest BCUT2D eigenvalue weighted by Gasteiger charge is 2.24. The molecule has 134 valence electrons. The molecule has 1 fully saturated rings. The van der Waals surface area contributed by atoms with E-state index in [1.807, 2.05) is 0 Å². The van der Waals surface area contributed by atoms with E-state index < -0.39 is 0 Å². The summed E-state index contributed by atoms with van der Waals surface area (Å²) in [6.07, 6.45) is 5.01. The number of carbonyl (C=O) groups excluding carboxylic acids is 1. The molecular formula is C17H21FN4O2S. The first-order valence-corrected chi connectivity index (χ1v) is 8.98. The number of pyridine rings is 1. The van der Waals surface area contributed by atoms with E-state index in [0.717, 1.165) is 30.9 Å². The lowest BCUT2D eigenvalue weighted by Crippen LogP contribution is -2.20. The van der Waals surface area contributed by atoms with E-state index in [0.29, 0.717) is 28.9 Å². The molecule has 0 aliphatic carbocycles. The number of nitrogens with one attached hydrogen (secondary N) is 1. The molecule has 1 aliphatic rings. The zero-order chi connectivity index (χ0) is 17.8. The third-order valence-corrected chi connectivity index (χ3v) is 5.09. The van der Waals surface area contributed by atoms with Gasteiger partial charge in [-0.05, 0) is 25.3 Å². The van der Waals surface area contributed by atoms with E-state index in [4.69, 9.17) is 4.74 Å². The fourth-order valence-corrected chi connectivity index (χ4v) is 3.92. The van der Waals surface area contributed by atoms with Gasteiger partial charge >= 0.3 is 0 Å². The Labute approximate surface area is 150 Å². The molecule has 2 aromatic rings. The van der Waals surface area contributed by atoms with Crippen LogP contribution in [0.1, 0.15) is 23.9 Å². The van der Waals surface area contributed by atoms with Gasteiger partial charge in [0, 0.05) is 37.2 Å². The Morgan fingerprint density at radius 1 is 1.48 bits per heavy atom. The summed E-state index contributed by atoms with van der Waals surface area (Å²) in [6.45, 7) is 4.14. The molecule has 0 radical (unpaired) electrons. The Morgan fingerprint density at radius 3 is 3.04 bits per heavy atom. The molecule has 3 rings (SSSR count). The summed E-state index contributed by atoms with van der Waals surface area (Å²) in [7, 11) is 1.50. The number of halogens is 1. The van der Waals surface area contributed by atoms with Gasteiger partial charge in [-0.3, -0.25) is 14.7 Å². The highest BCUT2D eigenvalue weighted by molar-refractivity contribution is 7.15. The van der Waals surface area contributed by atoms with Crippen LogP contribution in [0.5, 0.6) is 5.75 Å². The van der Waals surface area contributed by atoms with Crippen molar-refractivity contribution in [3.8, 4) is 5.75 Å². The number of aromatic nitrogens is 2. The van der Waals surface area contributed by atoms with Crippen LogP contribution in [0.2, 0.25) is 0 Å². The number of methoxy groups -OCH3 is 1. The van der Waals surface area contributed by atoms with E-state index in [2.05, 4.69) is 20.2 Å². The third kappa shape index (κ3) is 4.73. The monoisotopic (exact) mass is 364 g/mol. The van der Waals surface area contributed by atoms with Crippen molar-refractivity contribution in [1.82, 2.24) is 14.9 Å². The zero-order valence-electron chi connectivity index (χ0n) is 14.3. The van der Waals surface area contributed by atoms with Gasteiger partial charge in [0.05, 0.1) is 19.0 Å². The number of amides is 1. The van der Waals surface area contributed by atoms with Crippen LogP contribution in [0.4, 0.5) is 9.52 Å². The van der Waals surface area contributed by atoms with Crippen molar-refractivity contribution < 1.29 is 13.9 Å². The first kappa shape index (κ1) is 17.8. The Balaban J connectivity index is 1.53. The second-order valence-corrected chi connectivity index (χ2v) is 7.33. The summed E-state index contributed by atoms with van der Waals surface area (Å²) < 4.78 is 19.0. The van der Waals surface area contributed by atoms with E-state index in [1.54, 1.807) is 12.4 Å². The van der Waals surface area contributed by atoms with Gasteiger partial charge in [0.15, 0.2) is 5.13 Å². The minimum Gasteiger partial charge on any atom is -0.495 e. The molecule has 0 saturated carbocycles. The quantitative estimate of drug-likeness (QED) is 0.854. The van der Waals surface area contributed by atoms with Gasteiger partial charge in [-0.2, -0.15) is 0 Å². The maximum atomic E-state index is 14.0. The molecule has 8 heteroatoms. The lowest BCUT2D eigenvalue weighted by molar-refractivity contribution is -0.114. The van der Waals surface area contributed by atoms with Gasteiger partial charge in [0.2, 0.25) is 5.91 Å². The standard InChI is InChI=1S/C17H21FN4O2S/c1-11(23)21-17-20-8-14(25-17)10-22-4-3-12(9-22)5-16-15(18)6-13(24-2)7-19-16/h6-8,12H,3-5,9-10H2,1-2H3,(H,20,21,23). The van der Waals surface area contributed by atoms with Gasteiger partial charge in [0.1, 0.15) is 11.6 Å². The molecule has 0 aromatic carbocycles. The average Bonchev–Trinajstić information content (AvgIpc) is 3.19. The van der Waals surface area contributed by atoms with Crippen LogP contribution in [0.25, 0.3) is 0 Å². The second-order valence-electron chi connectivity index (χ2n) is 6.21. The first-order chi connectivity index (χ1) is 12.0. The van der Waals surface area contributed by atoms with E-state index in [9.17, 15) is 9.18 Å². The number of likely N-dealkylation sites (tertiary alicyclic amines) is 1. The predicted molar refractivity (Wildman–Crippen MR) is 94.3 cm³/mol. The Bertz CT molecular complexity index is 752. The molecule has 1 saturated heterocycles. The molecule has 1 aliphatic heterocycles. The van der Waals surface area contributed by atoms with E-state index in [-0.39, 0.29) is 11.7 Å². The fraction of sp³-hybridized carbons (Fsp3) is 0.471. The SMILES string of the molecule is COc1cnc(CC2CCN(Cc3cnc(NC(C)=O)s3)C2)c(F)c1. The van der Waals surface area contributed by atoms with Crippen LogP contribution in [-0.2, 0) is 17.8 Å². The summed E-state index contributed by atoms with van der Waals surface area (Å²) in [5.74, 6) is 0.406. The molecule has 3 heterocycles. The highest BCUT2D eigenvalue weighted by Crippen LogP contribution is 2.26. The molecule has 1 atom stereocenters. The van der Waals surface area contributed by atoms with Gasteiger partial charge in [0.25, 0.3) is 0 Å². The summed E-state index contributed by atoms with van der Waals surface area (Å²) in [5, 5.41) is 3.32. The number of hydrogen-bond donors (Lipinski definition) is 1. The summed E-state index contributed by atoms with van der Waals surface area (Å²) in [5.41, 5.74) is 0.499. The van der Waals surface area contributed by atoms with Gasteiger partial charge in [-0.25, -0.2) is 9.37 Å². The number of ether oxygens (including phenoxy) is 1. The van der Waals surface area contributed by atoms with Crippen molar-refractivity contribution in [3.63, 3.8) is 0 Å². The van der Waals surface area contributed by atoms with Crippen molar-refractivity contribution in [1.29, 1.82) is 0 Å². The highest BCUT2D eigenvalue weighted by atomic mass is 32.1. The number of nitrogens with zero attached hydrogens (tertiary/aromatic N) is 3. The number of rotatable bonds is 6. The van der Waals surface area contributed by atoms with Crippen molar-refractivity contribution in [3.05, 3.63) is 34.8 Å². The maximum Gasteiger partial charge on any atom is 0.223 e. The van der Waals surface area contributed by atoms with E-state index >= 15 is 0 Å². The number of hydrogen-bond acceptors (Lipinski definition) is 6. The molecule has 6 nitrogen and oxygen atoms in total. The summed E-state index contributed by atoms with van der Waals surface area (Å²) in [6, 6.07) is 1.38. The number of thiazole rings is 1. The normalized spacial score (nSPS) is 17.6. The van der Waals surface area contributed by atoms with Gasteiger partial charge in [-0.1, -0.05) is 0 Å². The van der Waals surface area contributed by atoms with Crippen LogP contribution < -0.4 is 10.1 Å². The molecule has 1 N–H and O–H groups in total. The average molecular weight is 364 g/mol. The van der Waals surface area contributed by atoms with Crippen LogP contribution in [0.15, 0.2) is 18.5 Å². The van der Waals surface area contributed by atoms with Crippen LogP contribution in [0.3, 0.4) is 0 Å². The maximum absolute atomic E-state index is 14.0. The van der Waals surface area contributed by atoms with Gasteiger partial charge in [-0.15, -0.1) is 11.3 Å². The predicted octanol–water partition coefficient (Wildman–Crippen LogP) is 2.71. The minimum atomic E-state index is -0.305. The molecule has 25 heavy (non-hydrogen) atoms. The molecule has 2 aromatic heterocycles. The largest absolute Gasteiger partial charge is 0.495 e. The van der Waals surface area contributed by atoms with Crippen LogP contribution >= 0.6 is 11.3 Å². The van der Waals surface area contributed by atoms with Crippen molar-refractivity contribution in [2.75, 3.05) is 25.5 Å². The molecule has 1 unspecified atom stereocenters. The fourth-order valence-electron chi connectivity index (χ4n) is 3.02. The Kier molecular flexibility index (Phi) is 5.60. The van der Waals surface area contributed by atoms with Crippen LogP contribution in [-0.4, -0.2) is 41.0 Å². The van der Waals surface area contributed by atoms with Crippen molar-refractivity contribution in [2.24, 2.45) is 5.92 Å². The topological polar surface area (TPSA) is 67.3 Å². The van der Waals surface area contributed by atoms with Crippen LogP contribution in [0, 0.1) is 11.7 Å². The number of anilines is 1. The molecular weight excluding hydrogens is 343 g/mol. The molecule has 0 bridgehead atoms. The molecule has 0 spiro atoms. The third-order valence-electron chi connectivity index (χ3n) is 4.20.